The monoisotopic (exact) mass is 525 g/mol. The number of aliphatic hydroxyl groups is 1. The molecule has 0 radical (unpaired) electrons. The van der Waals surface area contributed by atoms with Crippen molar-refractivity contribution in [1.29, 1.82) is 0 Å². The Bertz CT molecular complexity index is 1050. The number of fused-ring (bicyclic) bond motifs is 1. The summed E-state index contributed by atoms with van der Waals surface area (Å²) in [6, 6.07) is 0. The Kier molecular flexibility index (Phi) is 7.50. The SMILES string of the molecule is COc1nc(N)nc2c1ncn2[C@@H]1O[C@H](CO[Si](C)(C)C(C)(C)C)[C@@H](O[Si](C)(C)C(C)(C)C)[C@@H]1O. The molecule has 0 saturated carbocycles. The van der Waals surface area contributed by atoms with E-state index in [9.17, 15) is 5.11 Å². The lowest BCUT2D eigenvalue weighted by Gasteiger charge is -2.41. The van der Waals surface area contributed by atoms with Crippen LogP contribution in [0.15, 0.2) is 6.33 Å². The van der Waals surface area contributed by atoms with E-state index < -0.39 is 41.2 Å². The van der Waals surface area contributed by atoms with Crippen LogP contribution in [0.2, 0.25) is 36.3 Å². The second-order valence-electron chi connectivity index (χ2n) is 12.4. The molecule has 3 N–H and O–H groups in total. The number of anilines is 1. The second kappa shape index (κ2) is 9.38. The average molecular weight is 526 g/mol. The van der Waals surface area contributed by atoms with E-state index in [1.807, 2.05) is 0 Å². The molecule has 2 aromatic heterocycles. The van der Waals surface area contributed by atoms with Crippen molar-refractivity contribution >= 4 is 33.7 Å². The van der Waals surface area contributed by atoms with Gasteiger partial charge < -0.3 is 29.2 Å². The number of aromatic nitrogens is 4. The minimum Gasteiger partial charge on any atom is -0.479 e. The van der Waals surface area contributed by atoms with E-state index >= 15 is 0 Å². The first-order valence-corrected chi connectivity index (χ1v) is 17.9. The van der Waals surface area contributed by atoms with Gasteiger partial charge in [-0.15, -0.1) is 0 Å². The molecule has 0 unspecified atom stereocenters. The van der Waals surface area contributed by atoms with Crippen LogP contribution >= 0.6 is 0 Å². The highest BCUT2D eigenvalue weighted by Gasteiger charge is 2.51. The van der Waals surface area contributed by atoms with Gasteiger partial charge in [0, 0.05) is 0 Å². The van der Waals surface area contributed by atoms with E-state index in [1.54, 1.807) is 10.9 Å². The summed E-state index contributed by atoms with van der Waals surface area (Å²) in [6.07, 6.45) is -1.20. The van der Waals surface area contributed by atoms with Crippen molar-refractivity contribution in [2.75, 3.05) is 19.5 Å². The molecule has 10 nitrogen and oxygen atoms in total. The van der Waals surface area contributed by atoms with Gasteiger partial charge in [0.05, 0.1) is 20.0 Å². The lowest BCUT2D eigenvalue weighted by atomic mass is 10.1. The molecule has 1 fully saturated rings. The summed E-state index contributed by atoms with van der Waals surface area (Å²) in [5.74, 6) is 0.320. The number of rotatable bonds is 7. The molecule has 0 aliphatic carbocycles. The van der Waals surface area contributed by atoms with Crippen LogP contribution in [0.4, 0.5) is 5.95 Å². The third-order valence-corrected chi connectivity index (χ3v) is 16.8. The van der Waals surface area contributed by atoms with Gasteiger partial charge in [-0.25, -0.2) is 4.98 Å². The van der Waals surface area contributed by atoms with E-state index in [0.29, 0.717) is 17.8 Å². The molecule has 1 aliphatic rings. The van der Waals surface area contributed by atoms with E-state index in [-0.39, 0.29) is 21.9 Å². The molecule has 0 amide bonds. The van der Waals surface area contributed by atoms with Crippen LogP contribution in [-0.2, 0) is 13.6 Å². The Hall–Kier alpha value is -1.58. The van der Waals surface area contributed by atoms with Crippen molar-refractivity contribution in [3.05, 3.63) is 6.33 Å². The number of nitrogens with two attached hydrogens (primary N) is 1. The molecule has 3 rings (SSSR count). The van der Waals surface area contributed by atoms with Crippen molar-refractivity contribution in [3.8, 4) is 5.88 Å². The molecule has 1 saturated heterocycles. The third-order valence-electron chi connectivity index (χ3n) is 7.84. The standard InChI is InChI=1S/C23H43N5O5Si2/c1-22(2,3)34(8,9)31-12-14-17(33-35(10,11)23(4,5)6)16(29)20(32-14)28-13-25-15-18(28)26-21(24)27-19(15)30-7/h13-14,16-17,20,29H,12H2,1-11H3,(H2,24,26,27)/t14-,16+,17-,20-/m1/s1. The molecular formula is C23H43N5O5Si2. The number of aliphatic hydroxyl groups excluding tert-OH is 1. The fourth-order valence-corrected chi connectivity index (χ4v) is 5.83. The van der Waals surface area contributed by atoms with Gasteiger partial charge in [0.15, 0.2) is 34.0 Å². The van der Waals surface area contributed by atoms with Crippen LogP contribution in [0, 0.1) is 0 Å². The molecule has 12 heteroatoms. The Labute approximate surface area is 210 Å². The van der Waals surface area contributed by atoms with Crippen LogP contribution in [0.3, 0.4) is 0 Å². The Morgan fingerprint density at radius 2 is 1.66 bits per heavy atom. The van der Waals surface area contributed by atoms with Crippen LogP contribution in [0.25, 0.3) is 11.2 Å². The number of hydrogen-bond acceptors (Lipinski definition) is 9. The van der Waals surface area contributed by atoms with E-state index in [4.69, 9.17) is 24.1 Å². The highest BCUT2D eigenvalue weighted by molar-refractivity contribution is 6.74. The normalized spacial score (nSPS) is 24.3. The summed E-state index contributed by atoms with van der Waals surface area (Å²) in [6.45, 7) is 22.2. The first kappa shape index (κ1) is 28.0. The van der Waals surface area contributed by atoms with Crippen LogP contribution in [0.5, 0.6) is 5.88 Å². The first-order valence-electron chi connectivity index (χ1n) is 12.1. The molecule has 4 atom stereocenters. The molecule has 0 aromatic carbocycles. The van der Waals surface area contributed by atoms with Crippen molar-refractivity contribution in [3.63, 3.8) is 0 Å². The highest BCUT2D eigenvalue weighted by atomic mass is 28.4. The van der Waals surface area contributed by atoms with Gasteiger partial charge in [-0.3, -0.25) is 4.57 Å². The maximum Gasteiger partial charge on any atom is 0.246 e. The van der Waals surface area contributed by atoms with Crippen LogP contribution in [-0.4, -0.2) is 73.3 Å². The third kappa shape index (κ3) is 5.42. The zero-order valence-electron chi connectivity index (χ0n) is 23.0. The average Bonchev–Trinajstić information content (AvgIpc) is 3.25. The number of nitrogen functional groups attached to an aromatic ring is 1. The zero-order valence-corrected chi connectivity index (χ0v) is 25.0. The topological polar surface area (TPSA) is 127 Å². The molecule has 0 bridgehead atoms. The number of ether oxygens (including phenoxy) is 2. The van der Waals surface area contributed by atoms with E-state index in [1.165, 1.54) is 7.11 Å². The maximum atomic E-state index is 11.5. The maximum absolute atomic E-state index is 11.5. The van der Waals surface area contributed by atoms with E-state index in [2.05, 4.69) is 82.7 Å². The predicted octanol–water partition coefficient (Wildman–Crippen LogP) is 4.09. The van der Waals surface area contributed by atoms with Gasteiger partial charge >= 0.3 is 0 Å². The Morgan fingerprint density at radius 3 is 2.20 bits per heavy atom. The number of imidazole rings is 1. The van der Waals surface area contributed by atoms with Gasteiger partial charge in [-0.2, -0.15) is 9.97 Å². The van der Waals surface area contributed by atoms with Crippen LogP contribution in [0.1, 0.15) is 47.8 Å². The molecule has 0 spiro atoms. The molecule has 35 heavy (non-hydrogen) atoms. The summed E-state index contributed by atoms with van der Waals surface area (Å²) in [4.78, 5) is 12.8. The smallest absolute Gasteiger partial charge is 0.246 e. The summed E-state index contributed by atoms with van der Waals surface area (Å²) in [7, 11) is -2.78. The summed E-state index contributed by atoms with van der Waals surface area (Å²) < 4.78 is 26.7. The molecule has 2 aromatic rings. The largest absolute Gasteiger partial charge is 0.479 e. The lowest BCUT2D eigenvalue weighted by molar-refractivity contribution is -0.0487. The predicted molar refractivity (Wildman–Crippen MR) is 141 cm³/mol. The summed E-state index contributed by atoms with van der Waals surface area (Å²) in [5, 5.41) is 11.5. The number of nitrogens with zero attached hydrogens (tertiary/aromatic N) is 4. The minimum absolute atomic E-state index is 0.0353. The molecule has 1 aliphatic heterocycles. The zero-order chi connectivity index (χ0) is 26.6. The quantitative estimate of drug-likeness (QED) is 0.514. The van der Waals surface area contributed by atoms with Gasteiger partial charge in [-0.05, 0) is 36.3 Å². The first-order chi connectivity index (χ1) is 15.9. The van der Waals surface area contributed by atoms with E-state index in [0.717, 1.165) is 0 Å². The Morgan fingerprint density at radius 1 is 1.06 bits per heavy atom. The molecule has 3 heterocycles. The number of methoxy groups -OCH3 is 1. The number of hydrogen-bond donors (Lipinski definition) is 2. The van der Waals surface area contributed by atoms with Crippen molar-refractivity contribution in [1.82, 2.24) is 19.5 Å². The second-order valence-corrected chi connectivity index (χ2v) is 22.0. The Balaban J connectivity index is 1.98. The molecular weight excluding hydrogens is 482 g/mol. The van der Waals surface area contributed by atoms with Gasteiger partial charge in [0.2, 0.25) is 11.8 Å². The fourth-order valence-electron chi connectivity index (χ4n) is 3.49. The molecule has 198 valence electrons. The van der Waals surface area contributed by atoms with Crippen LogP contribution < -0.4 is 10.5 Å². The lowest BCUT2D eigenvalue weighted by Crippen LogP contribution is -2.51. The summed E-state index contributed by atoms with van der Waals surface area (Å²) >= 11 is 0. The van der Waals surface area contributed by atoms with Crippen molar-refractivity contribution < 1.29 is 23.4 Å². The van der Waals surface area contributed by atoms with Crippen molar-refractivity contribution in [2.45, 2.75) is 102 Å². The highest BCUT2D eigenvalue weighted by Crippen LogP contribution is 2.43. The fraction of sp³-hybridized carbons (Fsp3) is 0.783. The van der Waals surface area contributed by atoms with Gasteiger partial charge in [-0.1, -0.05) is 41.5 Å². The summed E-state index contributed by atoms with van der Waals surface area (Å²) in [5.41, 5.74) is 6.77. The van der Waals surface area contributed by atoms with Crippen molar-refractivity contribution in [2.24, 2.45) is 0 Å². The minimum atomic E-state index is -2.23. The van der Waals surface area contributed by atoms with Gasteiger partial charge in [0.1, 0.15) is 18.3 Å². The van der Waals surface area contributed by atoms with Gasteiger partial charge in [0.25, 0.3) is 0 Å².